The van der Waals surface area contributed by atoms with Crippen LogP contribution in [0, 0.1) is 10.1 Å². The van der Waals surface area contributed by atoms with Gasteiger partial charge in [-0.25, -0.2) is 5.01 Å². The van der Waals surface area contributed by atoms with Gasteiger partial charge < -0.3 is 0 Å². The van der Waals surface area contributed by atoms with Crippen LogP contribution < -0.4 is 5.43 Å². The van der Waals surface area contributed by atoms with Gasteiger partial charge in [0.2, 0.25) is 0 Å². The molecule has 1 amide bonds. The van der Waals surface area contributed by atoms with Gasteiger partial charge in [0.15, 0.2) is 0 Å². The molecule has 1 aromatic rings. The number of nitrogens with zero attached hydrogens (tertiary/aromatic N) is 2. The van der Waals surface area contributed by atoms with Crippen LogP contribution in [0.4, 0.5) is 5.69 Å². The number of nitro benzene ring substituents is 1. The zero-order valence-electron chi connectivity index (χ0n) is 8.73. The summed E-state index contributed by atoms with van der Waals surface area (Å²) in [6, 6.07) is 4.03. The van der Waals surface area contributed by atoms with Crippen molar-refractivity contribution in [2.24, 2.45) is 0 Å². The Morgan fingerprint density at radius 2 is 2.12 bits per heavy atom. The Labute approximate surface area is 100 Å². The Balaban J connectivity index is 3.07. The van der Waals surface area contributed by atoms with Crippen LogP contribution in [0.3, 0.4) is 0 Å². The number of rotatable bonds is 3. The maximum atomic E-state index is 11.6. The van der Waals surface area contributed by atoms with Crippen molar-refractivity contribution in [1.29, 1.82) is 0 Å². The molecule has 0 atom stereocenters. The summed E-state index contributed by atoms with van der Waals surface area (Å²) in [5.41, 5.74) is 2.61. The Bertz CT molecular complexity index is 434. The first kappa shape index (κ1) is 12.6. The fourth-order valence-corrected chi connectivity index (χ4v) is 1.49. The summed E-state index contributed by atoms with van der Waals surface area (Å²) >= 11 is 3.17. The third-order valence-corrected chi connectivity index (χ3v) is 2.42. The third-order valence-electron chi connectivity index (χ3n) is 1.73. The van der Waals surface area contributed by atoms with Crippen LogP contribution in [-0.4, -0.2) is 29.9 Å². The van der Waals surface area contributed by atoms with Gasteiger partial charge in [-0.05, 0) is 22.0 Å². The Hall–Kier alpha value is -1.47. The highest BCUT2D eigenvalue weighted by atomic mass is 79.9. The lowest BCUT2D eigenvalue weighted by Crippen LogP contribution is -2.36. The molecule has 1 rings (SSSR count). The minimum Gasteiger partial charge on any atom is -0.285 e. The van der Waals surface area contributed by atoms with Gasteiger partial charge in [-0.2, -0.15) is 0 Å². The van der Waals surface area contributed by atoms with Gasteiger partial charge in [0.25, 0.3) is 11.6 Å². The van der Waals surface area contributed by atoms with Gasteiger partial charge in [-0.3, -0.25) is 20.3 Å². The van der Waals surface area contributed by atoms with Gasteiger partial charge in [0.05, 0.1) is 10.5 Å². The number of non-ortho nitro benzene ring substituents is 1. The van der Waals surface area contributed by atoms with E-state index in [1.54, 1.807) is 14.1 Å². The van der Waals surface area contributed by atoms with E-state index >= 15 is 0 Å². The van der Waals surface area contributed by atoms with Crippen LogP contribution in [-0.2, 0) is 0 Å². The van der Waals surface area contributed by atoms with Gasteiger partial charge in [0, 0.05) is 30.7 Å². The van der Waals surface area contributed by atoms with Crippen LogP contribution in [0.1, 0.15) is 10.4 Å². The number of carbonyl (C=O) groups is 1. The highest BCUT2D eigenvalue weighted by Gasteiger charge is 2.15. The highest BCUT2D eigenvalue weighted by molar-refractivity contribution is 9.10. The van der Waals surface area contributed by atoms with Crippen LogP contribution >= 0.6 is 15.9 Å². The number of carbonyl (C=O) groups excluding carboxylic acids is 1. The number of halogens is 1. The van der Waals surface area contributed by atoms with E-state index in [-0.39, 0.29) is 11.3 Å². The second-order valence-corrected chi connectivity index (χ2v) is 4.11. The van der Waals surface area contributed by atoms with Gasteiger partial charge in [-0.1, -0.05) is 0 Å². The Morgan fingerprint density at radius 1 is 1.50 bits per heavy atom. The number of hydrogen-bond donors (Lipinski definition) is 1. The smallest absolute Gasteiger partial charge is 0.270 e. The van der Waals surface area contributed by atoms with E-state index < -0.39 is 10.8 Å². The fourth-order valence-electron chi connectivity index (χ4n) is 1.06. The van der Waals surface area contributed by atoms with Crippen molar-refractivity contribution in [1.82, 2.24) is 10.4 Å². The van der Waals surface area contributed by atoms with Crippen molar-refractivity contribution in [3.63, 3.8) is 0 Å². The molecule has 0 aliphatic rings. The zero-order chi connectivity index (χ0) is 12.3. The number of hydrogen-bond acceptors (Lipinski definition) is 4. The second-order valence-electron chi connectivity index (χ2n) is 3.26. The molecule has 0 aliphatic carbocycles. The van der Waals surface area contributed by atoms with Crippen LogP contribution in [0.5, 0.6) is 0 Å². The maximum Gasteiger partial charge on any atom is 0.270 e. The van der Waals surface area contributed by atoms with Crippen LogP contribution in [0.15, 0.2) is 22.7 Å². The number of hydrazine groups is 1. The number of benzene rings is 1. The maximum absolute atomic E-state index is 11.6. The third kappa shape index (κ3) is 3.01. The zero-order valence-corrected chi connectivity index (χ0v) is 10.3. The predicted molar refractivity (Wildman–Crippen MR) is 61.9 cm³/mol. The number of amides is 1. The molecule has 1 aromatic carbocycles. The summed E-state index contributed by atoms with van der Waals surface area (Å²) in [6.07, 6.45) is 0. The summed E-state index contributed by atoms with van der Waals surface area (Å²) < 4.78 is 0.512. The van der Waals surface area contributed by atoms with E-state index in [0.717, 1.165) is 0 Å². The lowest BCUT2D eigenvalue weighted by atomic mass is 10.2. The van der Waals surface area contributed by atoms with E-state index in [1.165, 1.54) is 23.2 Å². The van der Waals surface area contributed by atoms with Crippen LogP contribution in [0.25, 0.3) is 0 Å². The lowest BCUT2D eigenvalue weighted by molar-refractivity contribution is -0.384. The molecule has 0 unspecified atom stereocenters. The van der Waals surface area contributed by atoms with Crippen molar-refractivity contribution >= 4 is 27.5 Å². The van der Waals surface area contributed by atoms with E-state index in [9.17, 15) is 14.9 Å². The first-order chi connectivity index (χ1) is 7.41. The van der Waals surface area contributed by atoms with Crippen molar-refractivity contribution in [3.05, 3.63) is 38.3 Å². The number of nitrogens with one attached hydrogen (secondary N) is 1. The Morgan fingerprint density at radius 3 is 2.62 bits per heavy atom. The molecule has 0 heterocycles. The van der Waals surface area contributed by atoms with Crippen molar-refractivity contribution in [2.45, 2.75) is 0 Å². The standard InChI is InChI=1S/C9H10BrN3O3/c1-12(2)11-9(14)7-5-6(13(15)16)3-4-8(7)10/h3-5H,1-2H3,(H,11,14). The fraction of sp³-hybridized carbons (Fsp3) is 0.222. The normalized spacial score (nSPS) is 10.2. The summed E-state index contributed by atoms with van der Waals surface area (Å²) in [4.78, 5) is 21.7. The molecule has 0 saturated heterocycles. The van der Waals surface area contributed by atoms with E-state index in [1.807, 2.05) is 0 Å². The van der Waals surface area contributed by atoms with Gasteiger partial charge in [-0.15, -0.1) is 0 Å². The minimum absolute atomic E-state index is 0.118. The monoisotopic (exact) mass is 287 g/mol. The molecule has 0 spiro atoms. The molecule has 86 valence electrons. The van der Waals surface area contributed by atoms with E-state index in [2.05, 4.69) is 21.4 Å². The first-order valence-corrected chi connectivity index (χ1v) is 5.13. The first-order valence-electron chi connectivity index (χ1n) is 4.34. The van der Waals surface area contributed by atoms with Gasteiger partial charge >= 0.3 is 0 Å². The highest BCUT2D eigenvalue weighted by Crippen LogP contribution is 2.22. The molecular weight excluding hydrogens is 278 g/mol. The lowest BCUT2D eigenvalue weighted by Gasteiger charge is -2.12. The average molecular weight is 288 g/mol. The molecule has 0 saturated carbocycles. The predicted octanol–water partition coefficient (Wildman–Crippen LogP) is 1.56. The summed E-state index contributed by atoms with van der Waals surface area (Å²) in [5, 5.41) is 12.0. The largest absolute Gasteiger partial charge is 0.285 e. The average Bonchev–Trinajstić information content (AvgIpc) is 2.16. The van der Waals surface area contributed by atoms with Crippen molar-refractivity contribution < 1.29 is 9.72 Å². The molecule has 0 radical (unpaired) electrons. The SMILES string of the molecule is CN(C)NC(=O)c1cc([N+](=O)[O-])ccc1Br. The topological polar surface area (TPSA) is 75.5 Å². The molecule has 6 nitrogen and oxygen atoms in total. The summed E-state index contributed by atoms with van der Waals surface area (Å²) in [7, 11) is 3.31. The molecule has 16 heavy (non-hydrogen) atoms. The van der Waals surface area contributed by atoms with Crippen molar-refractivity contribution in [3.8, 4) is 0 Å². The minimum atomic E-state index is -0.543. The molecule has 1 N–H and O–H groups in total. The number of nitro groups is 1. The van der Waals surface area contributed by atoms with Gasteiger partial charge in [0.1, 0.15) is 0 Å². The molecule has 7 heteroatoms. The molecule has 0 aliphatic heterocycles. The van der Waals surface area contributed by atoms with Crippen LogP contribution in [0.2, 0.25) is 0 Å². The summed E-state index contributed by atoms with van der Waals surface area (Å²) in [6.45, 7) is 0. The quantitative estimate of drug-likeness (QED) is 0.676. The van der Waals surface area contributed by atoms with Crippen molar-refractivity contribution in [2.75, 3.05) is 14.1 Å². The summed E-state index contributed by atoms with van der Waals surface area (Å²) in [5.74, 6) is -0.402. The van der Waals surface area contributed by atoms with E-state index in [4.69, 9.17) is 0 Å². The molecular formula is C9H10BrN3O3. The second kappa shape index (κ2) is 5.04. The molecule has 0 fully saturated rings. The van der Waals surface area contributed by atoms with E-state index in [0.29, 0.717) is 4.47 Å². The molecule has 0 aromatic heterocycles. The molecule has 0 bridgehead atoms. The Kier molecular flexibility index (Phi) is 3.97.